The van der Waals surface area contributed by atoms with Gasteiger partial charge < -0.3 is 11.1 Å². The summed E-state index contributed by atoms with van der Waals surface area (Å²) in [4.78, 5) is 14.0. The fourth-order valence-corrected chi connectivity index (χ4v) is 2.09. The van der Waals surface area contributed by atoms with Gasteiger partial charge in [-0.1, -0.05) is 13.3 Å². The summed E-state index contributed by atoms with van der Waals surface area (Å²) in [7, 11) is 0. The van der Waals surface area contributed by atoms with E-state index < -0.39 is 0 Å². The predicted molar refractivity (Wildman–Crippen MR) is 61.5 cm³/mol. The van der Waals surface area contributed by atoms with Crippen LogP contribution in [0.3, 0.4) is 0 Å². The van der Waals surface area contributed by atoms with Gasteiger partial charge >= 0.3 is 0 Å². The van der Waals surface area contributed by atoms with Crippen LogP contribution < -0.4 is 11.1 Å². The number of nitrogens with zero attached hydrogens (tertiary/aromatic N) is 1. The highest BCUT2D eigenvalue weighted by molar-refractivity contribution is 5.83. The van der Waals surface area contributed by atoms with E-state index in [1.54, 1.807) is 0 Å². The van der Waals surface area contributed by atoms with Crippen molar-refractivity contribution in [2.45, 2.75) is 45.2 Å². The van der Waals surface area contributed by atoms with Gasteiger partial charge in [0.2, 0.25) is 5.91 Å². The van der Waals surface area contributed by atoms with Crippen molar-refractivity contribution in [1.29, 1.82) is 0 Å². The van der Waals surface area contributed by atoms with Gasteiger partial charge in [-0.25, -0.2) is 0 Å². The molecule has 4 heteroatoms. The topological polar surface area (TPSA) is 58.4 Å². The molecule has 0 aromatic carbocycles. The Hall–Kier alpha value is -0.610. The lowest BCUT2D eigenvalue weighted by Crippen LogP contribution is -2.66. The van der Waals surface area contributed by atoms with Gasteiger partial charge in [0, 0.05) is 18.6 Å². The number of nitrogens with two attached hydrogens (primary N) is 1. The molecule has 1 atom stereocenters. The van der Waals surface area contributed by atoms with Crippen LogP contribution >= 0.6 is 0 Å². The second-order valence-corrected chi connectivity index (χ2v) is 4.95. The van der Waals surface area contributed by atoms with Gasteiger partial charge in [-0.2, -0.15) is 0 Å². The smallest absolute Gasteiger partial charge is 0.239 e. The highest BCUT2D eigenvalue weighted by Gasteiger charge is 2.36. The van der Waals surface area contributed by atoms with Gasteiger partial charge in [-0.05, 0) is 26.8 Å². The fourth-order valence-electron chi connectivity index (χ4n) is 2.09. The third-order valence-electron chi connectivity index (χ3n) is 2.83. The zero-order chi connectivity index (χ0) is 11.5. The number of amides is 1. The van der Waals surface area contributed by atoms with Gasteiger partial charge in [0.15, 0.2) is 0 Å². The average Bonchev–Trinajstić information content (AvgIpc) is 2.12. The highest BCUT2D eigenvalue weighted by atomic mass is 16.2. The number of unbranched alkanes of at least 4 members (excludes halogenated alkanes) is 1. The van der Waals surface area contributed by atoms with Crippen LogP contribution in [0.2, 0.25) is 0 Å². The van der Waals surface area contributed by atoms with E-state index in [0.29, 0.717) is 6.54 Å². The first-order chi connectivity index (χ1) is 7.00. The Morgan fingerprint density at radius 3 is 2.80 bits per heavy atom. The zero-order valence-corrected chi connectivity index (χ0v) is 10.0. The van der Waals surface area contributed by atoms with Gasteiger partial charge in [-0.3, -0.25) is 9.69 Å². The Labute approximate surface area is 92.2 Å². The van der Waals surface area contributed by atoms with Crippen LogP contribution in [0, 0.1) is 0 Å². The molecule has 1 fully saturated rings. The maximum Gasteiger partial charge on any atom is 0.239 e. The van der Waals surface area contributed by atoms with E-state index in [9.17, 15) is 4.79 Å². The molecule has 1 rings (SSSR count). The monoisotopic (exact) mass is 213 g/mol. The molecular formula is C11H23N3O. The molecule has 0 aliphatic carbocycles. The molecule has 0 spiro atoms. The molecule has 0 radical (unpaired) electrons. The number of rotatable bonds is 4. The molecule has 3 N–H and O–H groups in total. The van der Waals surface area contributed by atoms with Crippen LogP contribution in [0.5, 0.6) is 0 Å². The Balaban J connectivity index is 2.66. The summed E-state index contributed by atoms with van der Waals surface area (Å²) >= 11 is 0. The minimum atomic E-state index is -0.135. The molecule has 1 unspecified atom stereocenters. The first-order valence-electron chi connectivity index (χ1n) is 5.76. The molecule has 0 aromatic rings. The van der Waals surface area contributed by atoms with E-state index in [4.69, 9.17) is 5.73 Å². The van der Waals surface area contributed by atoms with E-state index in [-0.39, 0.29) is 17.5 Å². The van der Waals surface area contributed by atoms with Crippen LogP contribution in [0.25, 0.3) is 0 Å². The molecule has 1 aliphatic rings. The molecular weight excluding hydrogens is 190 g/mol. The third kappa shape index (κ3) is 3.18. The summed E-state index contributed by atoms with van der Waals surface area (Å²) in [6.07, 6.45) is 2.27. The molecule has 1 saturated heterocycles. The summed E-state index contributed by atoms with van der Waals surface area (Å²) in [6.45, 7) is 8.53. The molecule has 1 heterocycles. The molecule has 4 nitrogen and oxygen atoms in total. The maximum absolute atomic E-state index is 11.8. The first kappa shape index (κ1) is 12.5. The molecule has 1 aliphatic heterocycles. The van der Waals surface area contributed by atoms with Crippen molar-refractivity contribution in [3.05, 3.63) is 0 Å². The molecule has 0 bridgehead atoms. The van der Waals surface area contributed by atoms with Crippen molar-refractivity contribution in [3.8, 4) is 0 Å². The lowest BCUT2D eigenvalue weighted by atomic mass is 9.98. The second-order valence-electron chi connectivity index (χ2n) is 4.95. The molecule has 88 valence electrons. The SMILES string of the molecule is CCCCN1CC(C)(C)NC(=O)C1CN. The van der Waals surface area contributed by atoms with Crippen molar-refractivity contribution in [3.63, 3.8) is 0 Å². The minimum Gasteiger partial charge on any atom is -0.349 e. The van der Waals surface area contributed by atoms with Crippen LogP contribution in [0.4, 0.5) is 0 Å². The van der Waals surface area contributed by atoms with Crippen molar-refractivity contribution in [1.82, 2.24) is 10.2 Å². The van der Waals surface area contributed by atoms with E-state index in [1.807, 2.05) is 0 Å². The Morgan fingerprint density at radius 1 is 1.60 bits per heavy atom. The van der Waals surface area contributed by atoms with E-state index in [1.165, 1.54) is 0 Å². The van der Waals surface area contributed by atoms with Crippen LogP contribution in [-0.4, -0.2) is 42.0 Å². The summed E-state index contributed by atoms with van der Waals surface area (Å²) in [5, 5.41) is 3.00. The predicted octanol–water partition coefficient (Wildman–Crippen LogP) is 0.324. The van der Waals surface area contributed by atoms with Crippen molar-refractivity contribution in [2.24, 2.45) is 5.73 Å². The number of carbonyl (C=O) groups is 1. The lowest BCUT2D eigenvalue weighted by molar-refractivity contribution is -0.132. The summed E-state index contributed by atoms with van der Waals surface area (Å²) in [6, 6.07) is -0.135. The first-order valence-corrected chi connectivity index (χ1v) is 5.76. The lowest BCUT2D eigenvalue weighted by Gasteiger charge is -2.43. The van der Waals surface area contributed by atoms with Crippen LogP contribution in [0.1, 0.15) is 33.6 Å². The molecule has 1 amide bonds. The number of hydrogen-bond acceptors (Lipinski definition) is 3. The number of piperazine rings is 1. The maximum atomic E-state index is 11.8. The number of carbonyl (C=O) groups excluding carboxylic acids is 1. The largest absolute Gasteiger partial charge is 0.349 e. The second kappa shape index (κ2) is 4.94. The van der Waals surface area contributed by atoms with Crippen molar-refractivity contribution >= 4 is 5.91 Å². The quantitative estimate of drug-likeness (QED) is 0.707. The van der Waals surface area contributed by atoms with Crippen LogP contribution in [0.15, 0.2) is 0 Å². The van der Waals surface area contributed by atoms with Gasteiger partial charge in [-0.15, -0.1) is 0 Å². The molecule has 0 aromatic heterocycles. The summed E-state index contributed by atoms with van der Waals surface area (Å²) < 4.78 is 0. The third-order valence-corrected chi connectivity index (χ3v) is 2.83. The normalized spacial score (nSPS) is 26.4. The van der Waals surface area contributed by atoms with E-state index >= 15 is 0 Å². The Morgan fingerprint density at radius 2 is 2.27 bits per heavy atom. The number of hydrogen-bond donors (Lipinski definition) is 2. The number of nitrogens with one attached hydrogen (secondary N) is 1. The highest BCUT2D eigenvalue weighted by Crippen LogP contribution is 2.16. The summed E-state index contributed by atoms with van der Waals surface area (Å²) in [5.41, 5.74) is 5.51. The fraction of sp³-hybridized carbons (Fsp3) is 0.909. The zero-order valence-electron chi connectivity index (χ0n) is 10.0. The Bertz CT molecular complexity index is 228. The van der Waals surface area contributed by atoms with Crippen LogP contribution in [-0.2, 0) is 4.79 Å². The van der Waals surface area contributed by atoms with Crippen molar-refractivity contribution < 1.29 is 4.79 Å². The van der Waals surface area contributed by atoms with Gasteiger partial charge in [0.05, 0.1) is 0 Å². The Kier molecular flexibility index (Phi) is 4.11. The van der Waals surface area contributed by atoms with Gasteiger partial charge in [0.25, 0.3) is 0 Å². The van der Waals surface area contributed by atoms with Crippen molar-refractivity contribution in [2.75, 3.05) is 19.6 Å². The van der Waals surface area contributed by atoms with E-state index in [2.05, 4.69) is 31.0 Å². The van der Waals surface area contributed by atoms with Gasteiger partial charge in [0.1, 0.15) is 6.04 Å². The summed E-state index contributed by atoms with van der Waals surface area (Å²) in [5.74, 6) is 0.0739. The standard InChI is InChI=1S/C11H23N3O/c1-4-5-6-14-8-11(2,3)13-10(15)9(14)7-12/h9H,4-8,12H2,1-3H3,(H,13,15). The van der Waals surface area contributed by atoms with E-state index in [0.717, 1.165) is 25.9 Å². The molecule has 15 heavy (non-hydrogen) atoms. The minimum absolute atomic E-state index is 0.0739. The molecule has 0 saturated carbocycles. The average molecular weight is 213 g/mol.